The van der Waals surface area contributed by atoms with Gasteiger partial charge in [0.1, 0.15) is 5.78 Å². The molecule has 4 aliphatic rings. The molecule has 0 aliphatic heterocycles. The van der Waals surface area contributed by atoms with Gasteiger partial charge in [-0.05, 0) is 80.6 Å². The van der Waals surface area contributed by atoms with Crippen molar-refractivity contribution in [2.75, 3.05) is 0 Å². The van der Waals surface area contributed by atoms with Crippen LogP contribution in [0.2, 0.25) is 0 Å². The zero-order valence-corrected chi connectivity index (χ0v) is 16.6. The Morgan fingerprint density at radius 1 is 1.04 bits per heavy atom. The van der Waals surface area contributed by atoms with Gasteiger partial charge in [0.2, 0.25) is 17.3 Å². The van der Waals surface area contributed by atoms with Crippen LogP contribution in [0.25, 0.3) is 0 Å². The quantitative estimate of drug-likeness (QED) is 0.632. The van der Waals surface area contributed by atoms with Crippen molar-refractivity contribution in [1.29, 1.82) is 0 Å². The van der Waals surface area contributed by atoms with E-state index in [1.165, 1.54) is 0 Å². The Bertz CT molecular complexity index is 793. The van der Waals surface area contributed by atoms with E-state index in [2.05, 4.69) is 13.8 Å². The summed E-state index contributed by atoms with van der Waals surface area (Å²) in [5.74, 6) is -0.832. The number of fused-ring (bicyclic) bond motifs is 5. The molecule has 0 saturated heterocycles. The number of ketones is 2. The molecule has 0 amide bonds. The summed E-state index contributed by atoms with van der Waals surface area (Å²) in [6.45, 7) is 7.95. The molecular weight excluding hydrogens is 344 g/mol. The van der Waals surface area contributed by atoms with Crippen molar-refractivity contribution in [2.45, 2.75) is 59.8 Å². The number of allylic oxidation sites excluding steroid dienone is 2. The SMILES string of the molecule is CC(=O)[C@@H]1[C@H](C)C[C@H]2[C@@H]3CCC4=C(O)C(O)=C(O)C(=O)[C@]4(C)[C@H]3CC[C@]12C. The molecule has 5 heteroatoms. The van der Waals surface area contributed by atoms with E-state index in [0.29, 0.717) is 23.8 Å². The Kier molecular flexibility index (Phi) is 3.86. The molecule has 4 aliphatic carbocycles. The van der Waals surface area contributed by atoms with Crippen molar-refractivity contribution in [1.82, 2.24) is 0 Å². The highest BCUT2D eigenvalue weighted by Crippen LogP contribution is 2.67. The largest absolute Gasteiger partial charge is 0.504 e. The van der Waals surface area contributed by atoms with Crippen LogP contribution in [-0.4, -0.2) is 26.9 Å². The van der Waals surface area contributed by atoms with Crippen molar-refractivity contribution >= 4 is 11.6 Å². The molecule has 0 radical (unpaired) electrons. The number of hydrogen-bond acceptors (Lipinski definition) is 5. The molecule has 0 bridgehead atoms. The fourth-order valence-electron chi connectivity index (χ4n) is 7.71. The minimum Gasteiger partial charge on any atom is -0.504 e. The van der Waals surface area contributed by atoms with Crippen LogP contribution in [0.3, 0.4) is 0 Å². The van der Waals surface area contributed by atoms with Crippen molar-refractivity contribution in [2.24, 2.45) is 40.4 Å². The molecule has 0 aromatic carbocycles. The molecule has 4 rings (SSSR count). The molecule has 148 valence electrons. The predicted molar refractivity (Wildman–Crippen MR) is 100 cm³/mol. The van der Waals surface area contributed by atoms with Crippen molar-refractivity contribution in [3.63, 3.8) is 0 Å². The third kappa shape index (κ3) is 2.11. The molecule has 3 saturated carbocycles. The molecule has 0 aromatic rings. The molecule has 0 heterocycles. The van der Waals surface area contributed by atoms with E-state index < -0.39 is 22.7 Å². The van der Waals surface area contributed by atoms with Gasteiger partial charge in [0, 0.05) is 5.92 Å². The van der Waals surface area contributed by atoms with Gasteiger partial charge in [-0.15, -0.1) is 0 Å². The highest BCUT2D eigenvalue weighted by Gasteiger charge is 2.64. The molecule has 0 spiro atoms. The van der Waals surface area contributed by atoms with Crippen LogP contribution in [0, 0.1) is 40.4 Å². The third-order valence-corrected chi connectivity index (χ3v) is 8.74. The molecule has 0 unspecified atom stereocenters. The van der Waals surface area contributed by atoms with Gasteiger partial charge < -0.3 is 15.3 Å². The van der Waals surface area contributed by atoms with Crippen LogP contribution in [0.4, 0.5) is 0 Å². The molecular formula is C22H30O5. The number of hydrogen-bond donors (Lipinski definition) is 3. The van der Waals surface area contributed by atoms with Gasteiger partial charge in [0.15, 0.2) is 5.76 Å². The standard InChI is InChI=1S/C22H30O5/c1-10-9-15-12-5-6-14-17(24)18(25)19(26)20(27)22(14,4)13(12)7-8-21(15,3)16(10)11(2)23/h10,12-13,15-16,24-26H,5-9H2,1-4H3/t10-,12-,13+,15+,16+,21+,22-/m1/s1. The summed E-state index contributed by atoms with van der Waals surface area (Å²) in [5.41, 5.74) is -0.437. The summed E-state index contributed by atoms with van der Waals surface area (Å²) in [6, 6.07) is 0. The summed E-state index contributed by atoms with van der Waals surface area (Å²) in [6.07, 6.45) is 4.04. The van der Waals surface area contributed by atoms with E-state index in [1.807, 2.05) is 6.92 Å². The topological polar surface area (TPSA) is 94.8 Å². The van der Waals surface area contributed by atoms with Gasteiger partial charge >= 0.3 is 0 Å². The zero-order chi connectivity index (χ0) is 19.9. The Morgan fingerprint density at radius 3 is 2.33 bits per heavy atom. The first-order chi connectivity index (χ1) is 12.5. The number of carbonyl (C=O) groups excluding carboxylic acids is 2. The number of Topliss-reactive ketones (excluding diaryl/α,β-unsaturated/α-hetero) is 2. The lowest BCUT2D eigenvalue weighted by atomic mass is 9.46. The number of rotatable bonds is 1. The van der Waals surface area contributed by atoms with Crippen molar-refractivity contribution in [3.05, 3.63) is 22.9 Å². The van der Waals surface area contributed by atoms with Crippen LogP contribution in [0.15, 0.2) is 22.9 Å². The Labute approximate surface area is 160 Å². The van der Waals surface area contributed by atoms with E-state index >= 15 is 0 Å². The fraction of sp³-hybridized carbons (Fsp3) is 0.727. The van der Waals surface area contributed by atoms with E-state index in [4.69, 9.17) is 0 Å². The molecule has 3 fully saturated rings. The van der Waals surface area contributed by atoms with Crippen LogP contribution in [-0.2, 0) is 9.59 Å². The smallest absolute Gasteiger partial charge is 0.211 e. The summed E-state index contributed by atoms with van der Waals surface area (Å²) >= 11 is 0. The summed E-state index contributed by atoms with van der Waals surface area (Å²) in [5, 5.41) is 30.5. The first-order valence-corrected chi connectivity index (χ1v) is 10.2. The van der Waals surface area contributed by atoms with E-state index in [-0.39, 0.29) is 34.7 Å². The number of aliphatic hydroxyl groups excluding tert-OH is 3. The minimum absolute atomic E-state index is 0.0159. The average Bonchev–Trinajstić information content (AvgIpc) is 2.88. The second kappa shape index (κ2) is 5.62. The highest BCUT2D eigenvalue weighted by molar-refractivity contribution is 6.02. The number of aliphatic hydroxyl groups is 3. The summed E-state index contributed by atoms with van der Waals surface area (Å²) in [7, 11) is 0. The van der Waals surface area contributed by atoms with Crippen LogP contribution in [0.5, 0.6) is 0 Å². The first kappa shape index (κ1) is 18.6. The number of carbonyl (C=O) groups is 2. The molecule has 3 N–H and O–H groups in total. The maximum Gasteiger partial charge on any atom is 0.211 e. The van der Waals surface area contributed by atoms with E-state index in [1.54, 1.807) is 6.92 Å². The van der Waals surface area contributed by atoms with Crippen LogP contribution < -0.4 is 0 Å². The third-order valence-electron chi connectivity index (χ3n) is 8.74. The lowest BCUT2D eigenvalue weighted by molar-refractivity contribution is -0.139. The van der Waals surface area contributed by atoms with Gasteiger partial charge in [0.25, 0.3) is 0 Å². The summed E-state index contributed by atoms with van der Waals surface area (Å²) < 4.78 is 0. The van der Waals surface area contributed by atoms with E-state index in [9.17, 15) is 24.9 Å². The first-order valence-electron chi connectivity index (χ1n) is 10.2. The maximum absolute atomic E-state index is 13.0. The van der Waals surface area contributed by atoms with Crippen molar-refractivity contribution in [3.8, 4) is 0 Å². The Hall–Kier alpha value is -1.78. The Balaban J connectivity index is 1.77. The normalized spacial score (nSPS) is 46.8. The predicted octanol–water partition coefficient (Wildman–Crippen LogP) is 4.40. The van der Waals surface area contributed by atoms with Gasteiger partial charge in [-0.1, -0.05) is 13.8 Å². The average molecular weight is 374 g/mol. The minimum atomic E-state index is -0.970. The highest BCUT2D eigenvalue weighted by atomic mass is 16.3. The zero-order valence-electron chi connectivity index (χ0n) is 16.6. The van der Waals surface area contributed by atoms with Crippen molar-refractivity contribution < 1.29 is 24.9 Å². The monoisotopic (exact) mass is 374 g/mol. The Morgan fingerprint density at radius 2 is 1.70 bits per heavy atom. The van der Waals surface area contributed by atoms with Gasteiger partial charge in [-0.3, -0.25) is 9.59 Å². The lowest BCUT2D eigenvalue weighted by Gasteiger charge is -2.56. The van der Waals surface area contributed by atoms with E-state index in [0.717, 1.165) is 25.7 Å². The fourth-order valence-corrected chi connectivity index (χ4v) is 7.71. The second-order valence-electron chi connectivity index (χ2n) is 9.82. The lowest BCUT2D eigenvalue weighted by Crippen LogP contribution is -2.54. The molecule has 27 heavy (non-hydrogen) atoms. The van der Waals surface area contributed by atoms with Crippen LogP contribution in [0.1, 0.15) is 59.8 Å². The molecule has 5 nitrogen and oxygen atoms in total. The van der Waals surface area contributed by atoms with Crippen LogP contribution >= 0.6 is 0 Å². The summed E-state index contributed by atoms with van der Waals surface area (Å²) in [4.78, 5) is 25.4. The molecule has 7 atom stereocenters. The molecule has 0 aromatic heterocycles. The maximum atomic E-state index is 13.0. The second-order valence-corrected chi connectivity index (χ2v) is 9.82. The van der Waals surface area contributed by atoms with Gasteiger partial charge in [-0.25, -0.2) is 0 Å². The van der Waals surface area contributed by atoms with Gasteiger partial charge in [0.05, 0.1) is 5.41 Å². The van der Waals surface area contributed by atoms with Gasteiger partial charge in [-0.2, -0.15) is 0 Å².